The first-order valence-electron chi connectivity index (χ1n) is 11.5. The van der Waals surface area contributed by atoms with Crippen molar-refractivity contribution in [1.82, 2.24) is 19.8 Å². The van der Waals surface area contributed by atoms with Gasteiger partial charge in [0.2, 0.25) is 11.8 Å². The summed E-state index contributed by atoms with van der Waals surface area (Å²) in [7, 11) is 3.29. The van der Waals surface area contributed by atoms with Crippen molar-refractivity contribution in [1.29, 1.82) is 0 Å². The molecule has 3 atom stereocenters. The molecule has 186 valence electrons. The fraction of sp³-hybridized carbons (Fsp3) is 0.462. The molecule has 0 saturated heterocycles. The van der Waals surface area contributed by atoms with Gasteiger partial charge < -0.3 is 24.4 Å². The summed E-state index contributed by atoms with van der Waals surface area (Å²) in [6.45, 7) is 4.50. The van der Waals surface area contributed by atoms with Crippen LogP contribution in [0.1, 0.15) is 35.3 Å². The van der Waals surface area contributed by atoms with Crippen LogP contribution in [-0.4, -0.2) is 89.3 Å². The first-order valence-corrected chi connectivity index (χ1v) is 11.5. The van der Waals surface area contributed by atoms with Crippen molar-refractivity contribution in [2.75, 3.05) is 40.5 Å². The highest BCUT2D eigenvalue weighted by atomic mass is 16.5. The number of fused-ring (bicyclic) bond motifs is 1. The Labute approximate surface area is 206 Å². The molecule has 3 rings (SSSR count). The van der Waals surface area contributed by atoms with Gasteiger partial charge in [-0.15, -0.1) is 0 Å². The Morgan fingerprint density at radius 2 is 2.23 bits per heavy atom. The molecule has 0 spiro atoms. The van der Waals surface area contributed by atoms with Crippen LogP contribution in [0.2, 0.25) is 0 Å². The minimum atomic E-state index is -0.420. The fourth-order valence-corrected chi connectivity index (χ4v) is 3.78. The van der Waals surface area contributed by atoms with E-state index in [4.69, 9.17) is 9.47 Å². The van der Waals surface area contributed by atoms with Gasteiger partial charge in [0.1, 0.15) is 18.3 Å². The average molecular weight is 481 g/mol. The number of ether oxygens (including phenoxy) is 2. The van der Waals surface area contributed by atoms with Gasteiger partial charge >= 0.3 is 0 Å². The molecular formula is C26H32N4O5. The molecule has 0 fully saturated rings. The normalized spacial score (nSPS) is 18.3. The predicted octanol–water partition coefficient (Wildman–Crippen LogP) is 1.40. The summed E-state index contributed by atoms with van der Waals surface area (Å²) >= 11 is 0. The van der Waals surface area contributed by atoms with Crippen LogP contribution in [0.4, 0.5) is 0 Å². The number of likely N-dealkylation sites (N-methyl/N-ethyl adjacent to an activating group) is 1. The van der Waals surface area contributed by atoms with Crippen molar-refractivity contribution >= 4 is 11.8 Å². The van der Waals surface area contributed by atoms with Gasteiger partial charge in [0.05, 0.1) is 25.6 Å². The van der Waals surface area contributed by atoms with E-state index in [2.05, 4.69) is 21.8 Å². The maximum atomic E-state index is 13.4. The molecule has 0 unspecified atom stereocenters. The number of pyridine rings is 2. The van der Waals surface area contributed by atoms with E-state index in [0.717, 1.165) is 5.56 Å². The van der Waals surface area contributed by atoms with E-state index in [1.807, 2.05) is 13.0 Å². The van der Waals surface area contributed by atoms with E-state index in [9.17, 15) is 14.7 Å². The smallest absolute Gasteiger partial charge is 0.259 e. The number of hydrogen-bond donors (Lipinski definition) is 1. The predicted molar refractivity (Wildman–Crippen MR) is 130 cm³/mol. The van der Waals surface area contributed by atoms with Gasteiger partial charge in [-0.25, -0.2) is 4.98 Å². The van der Waals surface area contributed by atoms with E-state index >= 15 is 0 Å². The third kappa shape index (κ3) is 6.78. The summed E-state index contributed by atoms with van der Waals surface area (Å²) in [6.07, 6.45) is 4.70. The van der Waals surface area contributed by atoms with Gasteiger partial charge in [0.15, 0.2) is 0 Å². The second-order valence-electron chi connectivity index (χ2n) is 8.75. The lowest BCUT2D eigenvalue weighted by molar-refractivity contribution is -0.130. The first kappa shape index (κ1) is 26.1. The molecular weight excluding hydrogens is 448 g/mol. The lowest BCUT2D eigenvalue weighted by Gasteiger charge is -2.37. The van der Waals surface area contributed by atoms with Crippen LogP contribution in [0.25, 0.3) is 0 Å². The number of aromatic nitrogens is 2. The molecule has 0 bridgehead atoms. The Morgan fingerprint density at radius 3 is 2.91 bits per heavy atom. The standard InChI is InChI=1S/C26H32N4O5/c1-18-15-30(19(2)17-31)26(33)22-11-20(8-6-10-34-4)14-28-25(22)35-23(18)16-29(3)24(32)12-21-7-5-9-27-13-21/h5,7,9,11,13-14,18-19,23,31H,10,12,15-17H2,1-4H3/t18-,19-,23-/m1/s1. The summed E-state index contributed by atoms with van der Waals surface area (Å²) in [5.41, 5.74) is 1.66. The number of rotatable bonds is 7. The van der Waals surface area contributed by atoms with Crippen molar-refractivity contribution in [2.24, 2.45) is 5.92 Å². The third-order valence-electron chi connectivity index (χ3n) is 5.93. The Bertz CT molecular complexity index is 1080. The number of methoxy groups -OCH3 is 1. The molecule has 0 saturated carbocycles. The molecule has 0 aliphatic carbocycles. The Hall–Kier alpha value is -3.48. The summed E-state index contributed by atoms with van der Waals surface area (Å²) in [5, 5.41) is 9.79. The number of nitrogens with zero attached hydrogens (tertiary/aromatic N) is 4. The lowest BCUT2D eigenvalue weighted by Crippen LogP contribution is -2.50. The van der Waals surface area contributed by atoms with Gasteiger partial charge in [-0.1, -0.05) is 24.8 Å². The Balaban J connectivity index is 1.87. The largest absolute Gasteiger partial charge is 0.472 e. The molecule has 1 aliphatic rings. The van der Waals surface area contributed by atoms with Crippen LogP contribution in [-0.2, 0) is 16.0 Å². The number of aliphatic hydroxyl groups is 1. The first-order chi connectivity index (χ1) is 16.8. The number of hydrogen-bond acceptors (Lipinski definition) is 7. The van der Waals surface area contributed by atoms with Gasteiger partial charge in [0.25, 0.3) is 5.91 Å². The molecule has 0 radical (unpaired) electrons. The summed E-state index contributed by atoms with van der Waals surface area (Å²) in [6, 6.07) is 4.91. The van der Waals surface area contributed by atoms with Crippen molar-refractivity contribution in [3.05, 3.63) is 53.5 Å². The SMILES string of the molecule is COCC#Cc1cnc2c(c1)C(=O)N([C@H](C)CO)C[C@@H](C)[C@@H](CN(C)C(=O)Cc1cccnc1)O2. The second-order valence-corrected chi connectivity index (χ2v) is 8.75. The van der Waals surface area contributed by atoms with Gasteiger partial charge in [0, 0.05) is 50.8 Å². The number of aliphatic hydroxyl groups excluding tert-OH is 1. The molecule has 9 heteroatoms. The molecule has 3 heterocycles. The van der Waals surface area contributed by atoms with Gasteiger partial charge in [-0.2, -0.15) is 0 Å². The molecule has 2 amide bonds. The topological polar surface area (TPSA) is 105 Å². The van der Waals surface area contributed by atoms with E-state index in [-0.39, 0.29) is 48.8 Å². The van der Waals surface area contributed by atoms with Crippen LogP contribution in [0.3, 0.4) is 0 Å². The maximum Gasteiger partial charge on any atom is 0.259 e. The molecule has 1 N–H and O–H groups in total. The highest BCUT2D eigenvalue weighted by molar-refractivity contribution is 5.97. The Kier molecular flexibility index (Phi) is 9.18. The third-order valence-corrected chi connectivity index (χ3v) is 5.93. The number of carbonyl (C=O) groups excluding carboxylic acids is 2. The maximum absolute atomic E-state index is 13.4. The fourth-order valence-electron chi connectivity index (χ4n) is 3.78. The van der Waals surface area contributed by atoms with Crippen molar-refractivity contribution in [3.8, 4) is 17.7 Å². The van der Waals surface area contributed by atoms with Crippen LogP contribution in [0, 0.1) is 17.8 Å². The van der Waals surface area contributed by atoms with Crippen molar-refractivity contribution < 1.29 is 24.2 Å². The summed E-state index contributed by atoms with van der Waals surface area (Å²) in [4.78, 5) is 38.0. The van der Waals surface area contributed by atoms with Crippen LogP contribution < -0.4 is 4.74 Å². The van der Waals surface area contributed by atoms with E-state index < -0.39 is 12.1 Å². The van der Waals surface area contributed by atoms with Crippen molar-refractivity contribution in [2.45, 2.75) is 32.4 Å². The number of carbonyl (C=O) groups is 2. The zero-order chi connectivity index (χ0) is 25.4. The Morgan fingerprint density at radius 1 is 1.43 bits per heavy atom. The van der Waals surface area contributed by atoms with Crippen LogP contribution in [0.5, 0.6) is 5.88 Å². The highest BCUT2D eigenvalue weighted by Gasteiger charge is 2.34. The van der Waals surface area contributed by atoms with E-state index in [0.29, 0.717) is 18.7 Å². The quantitative estimate of drug-likeness (QED) is 0.597. The zero-order valence-electron chi connectivity index (χ0n) is 20.6. The zero-order valence-corrected chi connectivity index (χ0v) is 20.6. The molecule has 2 aromatic rings. The molecule has 35 heavy (non-hydrogen) atoms. The van der Waals surface area contributed by atoms with Gasteiger partial charge in [-0.05, 0) is 24.6 Å². The minimum Gasteiger partial charge on any atom is -0.472 e. The molecule has 2 aromatic heterocycles. The van der Waals surface area contributed by atoms with Gasteiger partial charge in [-0.3, -0.25) is 14.6 Å². The van der Waals surface area contributed by atoms with E-state index in [1.54, 1.807) is 61.6 Å². The second kappa shape index (κ2) is 12.3. The molecule has 0 aromatic carbocycles. The highest BCUT2D eigenvalue weighted by Crippen LogP contribution is 2.27. The minimum absolute atomic E-state index is 0.0653. The monoisotopic (exact) mass is 480 g/mol. The van der Waals surface area contributed by atoms with Crippen LogP contribution >= 0.6 is 0 Å². The van der Waals surface area contributed by atoms with E-state index in [1.165, 1.54) is 0 Å². The van der Waals surface area contributed by atoms with Crippen molar-refractivity contribution in [3.63, 3.8) is 0 Å². The summed E-state index contributed by atoms with van der Waals surface area (Å²) < 4.78 is 11.2. The summed E-state index contributed by atoms with van der Waals surface area (Å²) in [5.74, 6) is 5.50. The molecule has 1 aliphatic heterocycles. The lowest BCUT2D eigenvalue weighted by atomic mass is 9.99. The molecule has 9 nitrogen and oxygen atoms in total. The number of amides is 2. The van der Waals surface area contributed by atoms with Crippen LogP contribution in [0.15, 0.2) is 36.8 Å². The average Bonchev–Trinajstić information content (AvgIpc) is 2.86.